The molecular weight excluding hydrogens is 285 g/mol. The molecular formula is C19H25F3. The van der Waals surface area contributed by atoms with Crippen molar-refractivity contribution in [1.82, 2.24) is 0 Å². The Balaban J connectivity index is 1.58. The van der Waals surface area contributed by atoms with Crippen LogP contribution in [0.4, 0.5) is 13.2 Å². The maximum Gasteiger partial charge on any atom is 0.194 e. The quantitative estimate of drug-likeness (QED) is 0.617. The smallest absolute Gasteiger partial charge is 0.194 e. The summed E-state index contributed by atoms with van der Waals surface area (Å²) in [7, 11) is 0. The summed E-state index contributed by atoms with van der Waals surface area (Å²) in [5.74, 6) is -1.12. The van der Waals surface area contributed by atoms with Crippen molar-refractivity contribution in [3.63, 3.8) is 0 Å². The molecule has 2 aliphatic rings. The zero-order valence-corrected chi connectivity index (χ0v) is 13.3. The predicted molar refractivity (Wildman–Crippen MR) is 82.2 cm³/mol. The van der Waals surface area contributed by atoms with Crippen LogP contribution in [0.15, 0.2) is 6.07 Å². The van der Waals surface area contributed by atoms with Gasteiger partial charge in [0, 0.05) is 0 Å². The minimum atomic E-state index is -1.31. The zero-order chi connectivity index (χ0) is 15.7. The average molecular weight is 310 g/mol. The number of halogens is 3. The van der Waals surface area contributed by atoms with Crippen molar-refractivity contribution in [3.8, 4) is 0 Å². The summed E-state index contributed by atoms with van der Waals surface area (Å²) >= 11 is 0. The minimum absolute atomic E-state index is 0.404. The van der Waals surface area contributed by atoms with Gasteiger partial charge >= 0.3 is 0 Å². The summed E-state index contributed by atoms with van der Waals surface area (Å²) < 4.78 is 40.5. The van der Waals surface area contributed by atoms with Crippen molar-refractivity contribution < 1.29 is 13.2 Å². The second kappa shape index (κ2) is 6.64. The highest BCUT2D eigenvalue weighted by atomic mass is 19.2. The second-order valence-corrected chi connectivity index (χ2v) is 7.44. The van der Waals surface area contributed by atoms with Crippen molar-refractivity contribution in [3.05, 3.63) is 34.6 Å². The molecule has 3 rings (SSSR count). The molecule has 1 unspecified atom stereocenters. The molecule has 0 bridgehead atoms. The van der Waals surface area contributed by atoms with Crippen LogP contribution in [-0.2, 0) is 12.8 Å². The van der Waals surface area contributed by atoms with Crippen molar-refractivity contribution in [2.45, 2.75) is 64.7 Å². The van der Waals surface area contributed by atoms with Gasteiger partial charge in [0.05, 0.1) is 0 Å². The fourth-order valence-corrected chi connectivity index (χ4v) is 4.23. The van der Waals surface area contributed by atoms with Crippen molar-refractivity contribution in [2.75, 3.05) is 0 Å². The first kappa shape index (κ1) is 15.9. The van der Waals surface area contributed by atoms with E-state index in [0.717, 1.165) is 24.7 Å². The fraction of sp³-hybridized carbons (Fsp3) is 0.684. The Morgan fingerprint density at radius 2 is 1.59 bits per heavy atom. The lowest BCUT2D eigenvalue weighted by Gasteiger charge is -2.29. The summed E-state index contributed by atoms with van der Waals surface area (Å²) in [6, 6.07) is 1.21. The molecule has 0 N–H and O–H groups in total. The van der Waals surface area contributed by atoms with Crippen LogP contribution in [0.1, 0.15) is 63.0 Å². The Morgan fingerprint density at radius 1 is 0.909 bits per heavy atom. The van der Waals surface area contributed by atoms with E-state index in [0.29, 0.717) is 29.9 Å². The highest BCUT2D eigenvalue weighted by molar-refractivity contribution is 5.33. The molecule has 2 aliphatic carbocycles. The number of rotatable bonds is 3. The molecule has 122 valence electrons. The largest absolute Gasteiger partial charge is 0.204 e. The van der Waals surface area contributed by atoms with Crippen molar-refractivity contribution in [2.24, 2.45) is 17.8 Å². The van der Waals surface area contributed by atoms with Gasteiger partial charge in [-0.05, 0) is 60.6 Å². The van der Waals surface area contributed by atoms with E-state index in [-0.39, 0.29) is 0 Å². The molecule has 0 heterocycles. The summed E-state index contributed by atoms with van der Waals surface area (Å²) in [6.45, 7) is 2.33. The maximum absolute atomic E-state index is 13.8. The first-order chi connectivity index (χ1) is 10.5. The Morgan fingerprint density at radius 3 is 2.32 bits per heavy atom. The normalized spacial score (nSPS) is 28.5. The predicted octanol–water partition coefficient (Wildman–Crippen LogP) is 5.82. The van der Waals surface area contributed by atoms with Crippen LogP contribution in [0.5, 0.6) is 0 Å². The molecule has 1 fully saturated rings. The molecule has 0 amide bonds. The van der Waals surface area contributed by atoms with E-state index in [2.05, 4.69) is 6.92 Å². The summed E-state index contributed by atoms with van der Waals surface area (Å²) in [6.07, 6.45) is 9.87. The van der Waals surface area contributed by atoms with Gasteiger partial charge in [0.1, 0.15) is 0 Å². The van der Waals surface area contributed by atoms with E-state index in [1.165, 1.54) is 38.2 Å². The van der Waals surface area contributed by atoms with Gasteiger partial charge in [-0.3, -0.25) is 0 Å². The van der Waals surface area contributed by atoms with Crippen LogP contribution in [0.2, 0.25) is 0 Å². The third-order valence-corrected chi connectivity index (χ3v) is 5.79. The average Bonchev–Trinajstić information content (AvgIpc) is 2.52. The lowest BCUT2D eigenvalue weighted by molar-refractivity contribution is 0.255. The highest BCUT2D eigenvalue weighted by Crippen LogP contribution is 2.36. The Bertz CT molecular complexity index is 530. The standard InChI is InChI=1S/C19H25F3/c1-12-2-4-13(5-3-12)6-7-14-8-9-16-15(10-14)11-17(20)19(22)18(16)21/h11-14H,2-10H2,1H3. The minimum Gasteiger partial charge on any atom is -0.204 e. The van der Waals surface area contributed by atoms with Crippen molar-refractivity contribution >= 4 is 0 Å². The van der Waals surface area contributed by atoms with Crippen LogP contribution < -0.4 is 0 Å². The molecule has 22 heavy (non-hydrogen) atoms. The summed E-state index contributed by atoms with van der Waals surface area (Å²) in [4.78, 5) is 0. The van der Waals surface area contributed by atoms with Gasteiger partial charge in [-0.1, -0.05) is 39.0 Å². The summed E-state index contributed by atoms with van der Waals surface area (Å²) in [5.41, 5.74) is 1.09. The Labute approximate surface area is 131 Å². The molecule has 0 spiro atoms. The molecule has 0 aliphatic heterocycles. The third kappa shape index (κ3) is 3.33. The van der Waals surface area contributed by atoms with E-state index in [9.17, 15) is 13.2 Å². The van der Waals surface area contributed by atoms with Crippen LogP contribution in [0, 0.1) is 35.2 Å². The highest BCUT2D eigenvalue weighted by Gasteiger charge is 2.26. The van der Waals surface area contributed by atoms with Crippen LogP contribution >= 0.6 is 0 Å². The third-order valence-electron chi connectivity index (χ3n) is 5.79. The van der Waals surface area contributed by atoms with E-state index < -0.39 is 17.5 Å². The zero-order valence-electron chi connectivity index (χ0n) is 13.3. The molecule has 0 aromatic heterocycles. The van der Waals surface area contributed by atoms with Gasteiger partial charge in [-0.25, -0.2) is 13.2 Å². The number of fused-ring (bicyclic) bond motifs is 1. The monoisotopic (exact) mass is 310 g/mol. The Kier molecular flexibility index (Phi) is 4.79. The molecule has 1 aromatic rings. The molecule has 3 heteroatoms. The van der Waals surface area contributed by atoms with E-state index in [1.807, 2.05) is 0 Å². The van der Waals surface area contributed by atoms with Gasteiger partial charge in [-0.15, -0.1) is 0 Å². The van der Waals surface area contributed by atoms with Gasteiger partial charge in [-0.2, -0.15) is 0 Å². The molecule has 1 atom stereocenters. The topological polar surface area (TPSA) is 0 Å². The van der Waals surface area contributed by atoms with Crippen LogP contribution in [0.3, 0.4) is 0 Å². The first-order valence-electron chi connectivity index (χ1n) is 8.69. The van der Waals surface area contributed by atoms with E-state index in [1.54, 1.807) is 0 Å². The lowest BCUT2D eigenvalue weighted by Crippen LogP contribution is -2.19. The number of benzene rings is 1. The lowest BCUT2D eigenvalue weighted by atomic mass is 9.76. The maximum atomic E-state index is 13.8. The van der Waals surface area contributed by atoms with Gasteiger partial charge < -0.3 is 0 Å². The van der Waals surface area contributed by atoms with E-state index >= 15 is 0 Å². The van der Waals surface area contributed by atoms with Crippen LogP contribution in [-0.4, -0.2) is 0 Å². The van der Waals surface area contributed by atoms with Gasteiger partial charge in [0.25, 0.3) is 0 Å². The fourth-order valence-electron chi connectivity index (χ4n) is 4.23. The Hall–Kier alpha value is -0.990. The molecule has 1 saturated carbocycles. The summed E-state index contributed by atoms with van der Waals surface area (Å²) in [5, 5.41) is 0. The molecule has 1 aromatic carbocycles. The number of hydrogen-bond donors (Lipinski definition) is 0. The van der Waals surface area contributed by atoms with Crippen LogP contribution in [0.25, 0.3) is 0 Å². The number of hydrogen-bond acceptors (Lipinski definition) is 0. The van der Waals surface area contributed by atoms with E-state index in [4.69, 9.17) is 0 Å². The molecule has 0 saturated heterocycles. The van der Waals surface area contributed by atoms with Crippen molar-refractivity contribution in [1.29, 1.82) is 0 Å². The molecule has 0 radical (unpaired) electrons. The SMILES string of the molecule is CC1CCC(CCC2CCc3c(cc(F)c(F)c3F)C2)CC1. The van der Waals surface area contributed by atoms with Gasteiger partial charge in [0.2, 0.25) is 0 Å². The van der Waals surface area contributed by atoms with Gasteiger partial charge in [0.15, 0.2) is 17.5 Å². The molecule has 0 nitrogen and oxygen atoms in total. The second-order valence-electron chi connectivity index (χ2n) is 7.44. The first-order valence-corrected chi connectivity index (χ1v) is 8.69.